The monoisotopic (exact) mass is 336 g/mol. The third-order valence-corrected chi connectivity index (χ3v) is 3.58. The lowest BCUT2D eigenvalue weighted by Gasteiger charge is -2.37. The van der Waals surface area contributed by atoms with Crippen LogP contribution in [0.5, 0.6) is 0 Å². The molecule has 0 unspecified atom stereocenters. The second-order valence-electron chi connectivity index (χ2n) is 6.28. The number of esters is 1. The van der Waals surface area contributed by atoms with Crippen molar-refractivity contribution in [2.75, 3.05) is 7.11 Å². The maximum absolute atomic E-state index is 12.4. The van der Waals surface area contributed by atoms with Crippen LogP contribution in [0.2, 0.25) is 5.02 Å². The molecule has 1 amide bonds. The number of carbonyl (C=O) groups is 2. The maximum Gasteiger partial charge on any atom is 0.329 e. The molecule has 0 N–H and O–H groups in total. The first-order chi connectivity index (χ1) is 10.7. The van der Waals surface area contributed by atoms with Crippen molar-refractivity contribution in [1.29, 1.82) is 5.26 Å². The average molecular weight is 337 g/mol. The van der Waals surface area contributed by atoms with Crippen LogP contribution in [0, 0.1) is 16.7 Å². The Morgan fingerprint density at radius 3 is 2.52 bits per heavy atom. The molecule has 0 spiro atoms. The zero-order valence-corrected chi connectivity index (χ0v) is 14.6. The van der Waals surface area contributed by atoms with E-state index in [1.165, 1.54) is 12.0 Å². The summed E-state index contributed by atoms with van der Waals surface area (Å²) in [4.78, 5) is 26.0. The zero-order valence-electron chi connectivity index (χ0n) is 13.8. The van der Waals surface area contributed by atoms with Gasteiger partial charge in [-0.15, -0.1) is 0 Å². The van der Waals surface area contributed by atoms with Gasteiger partial charge in [0, 0.05) is 11.6 Å². The summed E-state index contributed by atoms with van der Waals surface area (Å²) < 4.78 is 4.87. The minimum absolute atomic E-state index is 0.179. The van der Waals surface area contributed by atoms with Gasteiger partial charge in [-0.2, -0.15) is 5.26 Å². The zero-order chi connectivity index (χ0) is 17.6. The summed E-state index contributed by atoms with van der Waals surface area (Å²) >= 11 is 5.98. The summed E-state index contributed by atoms with van der Waals surface area (Å²) in [7, 11) is 1.29. The number of rotatable bonds is 5. The van der Waals surface area contributed by atoms with E-state index in [-0.39, 0.29) is 13.0 Å². The van der Waals surface area contributed by atoms with Gasteiger partial charge in [0.2, 0.25) is 5.91 Å². The molecule has 0 saturated carbocycles. The Kier molecular flexibility index (Phi) is 6.59. The molecule has 0 heterocycles. The summed E-state index contributed by atoms with van der Waals surface area (Å²) in [6.45, 7) is 5.72. The predicted octanol–water partition coefficient (Wildman–Crippen LogP) is 3.17. The van der Waals surface area contributed by atoms with Crippen molar-refractivity contribution in [1.82, 2.24) is 4.90 Å². The molecular weight excluding hydrogens is 316 g/mol. The average Bonchev–Trinajstić information content (AvgIpc) is 2.45. The molecule has 0 aliphatic heterocycles. The molecule has 1 atom stereocenters. The number of carbonyl (C=O) groups excluding carboxylic acids is 2. The van der Waals surface area contributed by atoms with Crippen molar-refractivity contribution in [3.05, 3.63) is 34.9 Å². The number of hydrogen-bond acceptors (Lipinski definition) is 4. The summed E-state index contributed by atoms with van der Waals surface area (Å²) in [5.74, 6) is -0.927. The number of nitriles is 1. The minimum Gasteiger partial charge on any atom is -0.467 e. The molecule has 0 aliphatic carbocycles. The van der Waals surface area contributed by atoms with Gasteiger partial charge in [0.05, 0.1) is 13.2 Å². The van der Waals surface area contributed by atoms with Crippen molar-refractivity contribution in [3.63, 3.8) is 0 Å². The highest BCUT2D eigenvalue weighted by atomic mass is 35.5. The minimum atomic E-state index is -0.799. The van der Waals surface area contributed by atoms with Gasteiger partial charge in [-0.3, -0.25) is 4.79 Å². The number of halogens is 1. The van der Waals surface area contributed by atoms with E-state index in [0.717, 1.165) is 5.56 Å². The quantitative estimate of drug-likeness (QED) is 0.774. The molecule has 0 fully saturated rings. The molecule has 1 aromatic carbocycles. The number of hydrogen-bond donors (Lipinski definition) is 0. The fourth-order valence-corrected chi connectivity index (χ4v) is 2.60. The number of methoxy groups -OCH3 is 1. The summed E-state index contributed by atoms with van der Waals surface area (Å²) in [6.07, 6.45) is -0.301. The fourth-order valence-electron chi connectivity index (χ4n) is 2.38. The van der Waals surface area contributed by atoms with Crippen LogP contribution >= 0.6 is 11.6 Å². The van der Waals surface area contributed by atoms with E-state index in [9.17, 15) is 9.59 Å². The largest absolute Gasteiger partial charge is 0.467 e. The van der Waals surface area contributed by atoms with Gasteiger partial charge in [0.15, 0.2) is 0 Å². The van der Waals surface area contributed by atoms with Gasteiger partial charge in [0.1, 0.15) is 12.5 Å². The molecule has 6 heteroatoms. The molecule has 0 aromatic heterocycles. The van der Waals surface area contributed by atoms with Crippen molar-refractivity contribution >= 4 is 23.5 Å². The van der Waals surface area contributed by atoms with Gasteiger partial charge < -0.3 is 9.64 Å². The predicted molar refractivity (Wildman–Crippen MR) is 87.5 cm³/mol. The Morgan fingerprint density at radius 2 is 2.04 bits per heavy atom. The molecule has 124 valence electrons. The lowest BCUT2D eigenvalue weighted by Crippen LogP contribution is -2.52. The summed E-state index contributed by atoms with van der Waals surface area (Å²) in [5.41, 5.74) is 0.235. The first-order valence-electron chi connectivity index (χ1n) is 7.19. The second-order valence-corrected chi connectivity index (χ2v) is 6.71. The molecule has 5 nitrogen and oxygen atoms in total. The van der Waals surface area contributed by atoms with Gasteiger partial charge >= 0.3 is 5.97 Å². The molecular formula is C17H21ClN2O3. The summed E-state index contributed by atoms with van der Waals surface area (Å²) in [5, 5.41) is 9.38. The van der Waals surface area contributed by atoms with Crippen molar-refractivity contribution in [2.24, 2.45) is 5.41 Å². The molecule has 0 radical (unpaired) electrons. The third kappa shape index (κ3) is 5.26. The van der Waals surface area contributed by atoms with Gasteiger partial charge in [-0.25, -0.2) is 4.79 Å². The van der Waals surface area contributed by atoms with E-state index in [1.807, 2.05) is 32.9 Å². The Morgan fingerprint density at radius 1 is 1.39 bits per heavy atom. The van der Waals surface area contributed by atoms with E-state index in [4.69, 9.17) is 21.6 Å². The van der Waals surface area contributed by atoms with E-state index in [0.29, 0.717) is 5.02 Å². The number of amides is 1. The standard InChI is InChI=1S/C17H21ClN2O3/c1-17(2,3)15(16(22)23-4)20(14(21)8-9-19)11-12-6-5-7-13(18)10-12/h5-7,10,15H,8,11H2,1-4H3/t15-/m1/s1. The molecule has 0 aliphatic rings. The first kappa shape index (κ1) is 19.0. The van der Waals surface area contributed by atoms with E-state index < -0.39 is 23.3 Å². The highest BCUT2D eigenvalue weighted by Gasteiger charge is 2.39. The SMILES string of the molecule is COC(=O)[C@@H](N(Cc1cccc(Cl)c1)C(=O)CC#N)C(C)(C)C. The van der Waals surface area contributed by atoms with E-state index in [1.54, 1.807) is 18.2 Å². The topological polar surface area (TPSA) is 70.4 Å². The lowest BCUT2D eigenvalue weighted by atomic mass is 9.85. The Labute approximate surface area is 141 Å². The van der Waals surface area contributed by atoms with Crippen LogP contribution in [0.4, 0.5) is 0 Å². The van der Waals surface area contributed by atoms with E-state index >= 15 is 0 Å². The lowest BCUT2D eigenvalue weighted by molar-refractivity contribution is -0.158. The van der Waals surface area contributed by atoms with Crippen molar-refractivity contribution in [2.45, 2.75) is 39.8 Å². The van der Waals surface area contributed by atoms with Crippen LogP contribution in [-0.2, 0) is 20.9 Å². The van der Waals surface area contributed by atoms with Crippen LogP contribution in [0.25, 0.3) is 0 Å². The summed E-state index contributed by atoms with van der Waals surface area (Å²) in [6, 6.07) is 8.09. The normalized spacial score (nSPS) is 12.2. The molecule has 1 rings (SSSR count). The molecule has 23 heavy (non-hydrogen) atoms. The van der Waals surface area contributed by atoms with Crippen LogP contribution in [0.3, 0.4) is 0 Å². The Hall–Kier alpha value is -2.06. The van der Waals surface area contributed by atoms with Crippen molar-refractivity contribution in [3.8, 4) is 6.07 Å². The second kappa shape index (κ2) is 7.98. The van der Waals surface area contributed by atoms with Crippen LogP contribution in [-0.4, -0.2) is 29.9 Å². The highest BCUT2D eigenvalue weighted by Crippen LogP contribution is 2.28. The Balaban J connectivity index is 3.24. The number of nitrogens with zero attached hydrogens (tertiary/aromatic N) is 2. The van der Waals surface area contributed by atoms with Crippen molar-refractivity contribution < 1.29 is 14.3 Å². The molecule has 1 aromatic rings. The van der Waals surface area contributed by atoms with Gasteiger partial charge in [-0.1, -0.05) is 44.5 Å². The van der Waals surface area contributed by atoms with Crippen LogP contribution in [0.1, 0.15) is 32.8 Å². The van der Waals surface area contributed by atoms with Crippen LogP contribution < -0.4 is 0 Å². The smallest absolute Gasteiger partial charge is 0.329 e. The Bertz CT molecular complexity index is 617. The van der Waals surface area contributed by atoms with E-state index in [2.05, 4.69) is 0 Å². The molecule has 0 bridgehead atoms. The number of benzene rings is 1. The van der Waals surface area contributed by atoms with Crippen LogP contribution in [0.15, 0.2) is 24.3 Å². The first-order valence-corrected chi connectivity index (χ1v) is 7.57. The van der Waals surface area contributed by atoms with Gasteiger partial charge in [0.25, 0.3) is 0 Å². The fraction of sp³-hybridized carbons (Fsp3) is 0.471. The maximum atomic E-state index is 12.4. The van der Waals surface area contributed by atoms with Gasteiger partial charge in [-0.05, 0) is 23.1 Å². The third-order valence-electron chi connectivity index (χ3n) is 3.35. The number of ether oxygens (including phenoxy) is 1. The molecule has 0 saturated heterocycles. The highest BCUT2D eigenvalue weighted by molar-refractivity contribution is 6.30.